The Labute approximate surface area is 163 Å². The predicted octanol–water partition coefficient (Wildman–Crippen LogP) is 4.46. The minimum absolute atomic E-state index is 0.0457. The number of hydrogen-bond donors (Lipinski definition) is 1. The van der Waals surface area contributed by atoms with Crippen LogP contribution >= 0.6 is 11.3 Å². The molecular formula is C21H25NO4S. The predicted molar refractivity (Wildman–Crippen MR) is 107 cm³/mol. The Morgan fingerprint density at radius 2 is 1.78 bits per heavy atom. The number of benzene rings is 1. The zero-order chi connectivity index (χ0) is 20.0. The second kappa shape index (κ2) is 9.46. The highest BCUT2D eigenvalue weighted by Gasteiger charge is 2.19. The van der Waals surface area contributed by atoms with Gasteiger partial charge in [0.25, 0.3) is 5.91 Å². The van der Waals surface area contributed by atoms with Crippen molar-refractivity contribution in [3.8, 4) is 0 Å². The second-order valence-electron chi connectivity index (χ2n) is 6.42. The molecule has 0 aliphatic heterocycles. The molecule has 6 heteroatoms. The molecule has 1 aromatic carbocycles. The van der Waals surface area contributed by atoms with Gasteiger partial charge in [-0.15, -0.1) is 11.3 Å². The van der Waals surface area contributed by atoms with Crippen molar-refractivity contribution in [1.82, 2.24) is 0 Å². The van der Waals surface area contributed by atoms with E-state index in [-0.39, 0.29) is 18.6 Å². The van der Waals surface area contributed by atoms with E-state index in [2.05, 4.69) is 12.2 Å². The van der Waals surface area contributed by atoms with Gasteiger partial charge in [-0.3, -0.25) is 14.4 Å². The number of thiophene rings is 1. The van der Waals surface area contributed by atoms with Crippen LogP contribution in [0.25, 0.3) is 0 Å². The molecule has 1 amide bonds. The lowest BCUT2D eigenvalue weighted by Crippen LogP contribution is -2.30. The molecule has 0 spiro atoms. The summed E-state index contributed by atoms with van der Waals surface area (Å²) >= 11 is 1.56. The van der Waals surface area contributed by atoms with Crippen molar-refractivity contribution in [1.29, 1.82) is 0 Å². The Bertz CT molecular complexity index is 823. The third kappa shape index (κ3) is 6.03. The van der Waals surface area contributed by atoms with Gasteiger partial charge in [0.05, 0.1) is 6.42 Å². The molecule has 0 aliphatic rings. The zero-order valence-corrected chi connectivity index (χ0v) is 16.9. The van der Waals surface area contributed by atoms with Crippen molar-refractivity contribution in [3.05, 3.63) is 51.2 Å². The highest BCUT2D eigenvalue weighted by atomic mass is 32.1. The van der Waals surface area contributed by atoms with Gasteiger partial charge in [-0.2, -0.15) is 0 Å². The standard InChI is InChI=1S/C21H25NO4S/c1-5-16-6-8-17(9-7-16)22-21(25)14(3)26-20(24)11-10-19(23)18-12-13(2)27-15(18)4/h6-9,12,14H,5,10-11H2,1-4H3,(H,22,25)/t14-/m1/s1. The lowest BCUT2D eigenvalue weighted by Gasteiger charge is -2.13. The van der Waals surface area contributed by atoms with Gasteiger partial charge < -0.3 is 10.1 Å². The van der Waals surface area contributed by atoms with Crippen LogP contribution in [0.5, 0.6) is 0 Å². The quantitative estimate of drug-likeness (QED) is 0.536. The fraction of sp³-hybridized carbons (Fsp3) is 0.381. The van der Waals surface area contributed by atoms with Crippen LogP contribution in [0, 0.1) is 13.8 Å². The smallest absolute Gasteiger partial charge is 0.307 e. The maximum atomic E-state index is 12.2. The van der Waals surface area contributed by atoms with Crippen LogP contribution < -0.4 is 5.32 Å². The molecule has 2 aromatic rings. The van der Waals surface area contributed by atoms with Crippen LogP contribution in [0.3, 0.4) is 0 Å². The van der Waals surface area contributed by atoms with E-state index in [0.717, 1.165) is 16.2 Å². The van der Waals surface area contributed by atoms with Crippen LogP contribution in [0.15, 0.2) is 30.3 Å². The van der Waals surface area contributed by atoms with Crippen molar-refractivity contribution in [2.75, 3.05) is 5.32 Å². The molecule has 5 nitrogen and oxygen atoms in total. The van der Waals surface area contributed by atoms with Crippen LogP contribution in [0.1, 0.15) is 52.4 Å². The number of rotatable bonds is 8. The number of carbonyl (C=O) groups excluding carboxylic acids is 3. The lowest BCUT2D eigenvalue weighted by atomic mass is 10.1. The molecule has 144 valence electrons. The largest absolute Gasteiger partial charge is 0.453 e. The summed E-state index contributed by atoms with van der Waals surface area (Å²) in [5, 5.41) is 2.72. The van der Waals surface area contributed by atoms with Gasteiger partial charge in [0, 0.05) is 27.4 Å². The highest BCUT2D eigenvalue weighted by Crippen LogP contribution is 2.22. The number of Topliss-reactive ketones (excluding diaryl/α,β-unsaturated/α-hetero) is 1. The van der Waals surface area contributed by atoms with Crippen molar-refractivity contribution in [2.45, 2.75) is 53.1 Å². The summed E-state index contributed by atoms with van der Waals surface area (Å²) in [6.07, 6.45) is 0.0213. The minimum Gasteiger partial charge on any atom is -0.453 e. The average Bonchev–Trinajstić information content (AvgIpc) is 2.98. The number of ether oxygens (including phenoxy) is 1. The number of nitrogens with one attached hydrogen (secondary N) is 1. The molecule has 0 saturated heterocycles. The molecule has 0 fully saturated rings. The Morgan fingerprint density at radius 3 is 2.33 bits per heavy atom. The molecule has 1 N–H and O–H groups in total. The first-order valence-corrected chi connectivity index (χ1v) is 9.81. The minimum atomic E-state index is -0.927. The average molecular weight is 388 g/mol. The van der Waals surface area contributed by atoms with E-state index in [0.29, 0.717) is 11.3 Å². The first-order chi connectivity index (χ1) is 12.8. The zero-order valence-electron chi connectivity index (χ0n) is 16.1. The van der Waals surface area contributed by atoms with E-state index in [1.165, 1.54) is 12.5 Å². The van der Waals surface area contributed by atoms with E-state index < -0.39 is 18.0 Å². The van der Waals surface area contributed by atoms with Crippen LogP contribution in [-0.2, 0) is 20.7 Å². The number of amides is 1. The van der Waals surface area contributed by atoms with Gasteiger partial charge in [0.1, 0.15) is 0 Å². The number of anilines is 1. The summed E-state index contributed by atoms with van der Waals surface area (Å²) in [7, 11) is 0. The van der Waals surface area contributed by atoms with Crippen molar-refractivity contribution < 1.29 is 19.1 Å². The van der Waals surface area contributed by atoms with Crippen LogP contribution in [0.4, 0.5) is 5.69 Å². The van der Waals surface area contributed by atoms with Crippen molar-refractivity contribution in [3.63, 3.8) is 0 Å². The Balaban J connectivity index is 1.80. The Morgan fingerprint density at radius 1 is 1.11 bits per heavy atom. The van der Waals surface area contributed by atoms with E-state index >= 15 is 0 Å². The summed E-state index contributed by atoms with van der Waals surface area (Å²) in [6, 6.07) is 9.34. The fourth-order valence-electron chi connectivity index (χ4n) is 2.64. The van der Waals surface area contributed by atoms with Crippen LogP contribution in [-0.4, -0.2) is 23.8 Å². The third-order valence-corrected chi connectivity index (χ3v) is 5.17. The Kier molecular flexibility index (Phi) is 7.30. The topological polar surface area (TPSA) is 72.5 Å². The van der Waals surface area contributed by atoms with Gasteiger partial charge in [-0.25, -0.2) is 0 Å². The van der Waals surface area contributed by atoms with E-state index in [9.17, 15) is 14.4 Å². The highest BCUT2D eigenvalue weighted by molar-refractivity contribution is 7.12. The summed E-state index contributed by atoms with van der Waals surface area (Å²) in [6.45, 7) is 7.41. The van der Waals surface area contributed by atoms with Gasteiger partial charge >= 0.3 is 5.97 Å². The van der Waals surface area contributed by atoms with Gasteiger partial charge in [-0.05, 0) is 51.0 Å². The molecule has 0 saturated carbocycles. The maximum Gasteiger partial charge on any atom is 0.307 e. The number of esters is 1. The first-order valence-electron chi connectivity index (χ1n) is 8.99. The second-order valence-corrected chi connectivity index (χ2v) is 7.88. The molecular weight excluding hydrogens is 362 g/mol. The molecule has 1 heterocycles. The third-order valence-electron chi connectivity index (χ3n) is 4.20. The SMILES string of the molecule is CCc1ccc(NC(=O)[C@@H](C)OC(=O)CCC(=O)c2cc(C)sc2C)cc1. The normalized spacial score (nSPS) is 11.7. The van der Waals surface area contributed by atoms with Crippen molar-refractivity contribution in [2.24, 2.45) is 0 Å². The summed E-state index contributed by atoms with van der Waals surface area (Å²) in [5.41, 5.74) is 2.48. The number of ketones is 1. The molecule has 0 radical (unpaired) electrons. The first kappa shape index (κ1) is 20.8. The van der Waals surface area contributed by atoms with Crippen LogP contribution in [0.2, 0.25) is 0 Å². The molecule has 0 unspecified atom stereocenters. The maximum absolute atomic E-state index is 12.2. The molecule has 0 aliphatic carbocycles. The van der Waals surface area contributed by atoms with E-state index in [4.69, 9.17) is 4.74 Å². The molecule has 2 rings (SSSR count). The molecule has 0 bridgehead atoms. The number of aryl methyl sites for hydroxylation is 3. The van der Waals surface area contributed by atoms with E-state index in [1.807, 2.05) is 44.2 Å². The molecule has 1 atom stereocenters. The lowest BCUT2D eigenvalue weighted by molar-refractivity contribution is -0.153. The summed E-state index contributed by atoms with van der Waals surface area (Å²) in [4.78, 5) is 38.4. The number of hydrogen-bond acceptors (Lipinski definition) is 5. The van der Waals surface area contributed by atoms with Crippen molar-refractivity contribution >= 4 is 34.7 Å². The molecule has 27 heavy (non-hydrogen) atoms. The monoisotopic (exact) mass is 387 g/mol. The van der Waals surface area contributed by atoms with E-state index in [1.54, 1.807) is 11.3 Å². The van der Waals surface area contributed by atoms with Gasteiger partial charge in [-0.1, -0.05) is 19.1 Å². The summed E-state index contributed by atoms with van der Waals surface area (Å²) in [5.74, 6) is -1.04. The Hall–Kier alpha value is -2.47. The summed E-state index contributed by atoms with van der Waals surface area (Å²) < 4.78 is 5.15. The fourth-order valence-corrected chi connectivity index (χ4v) is 3.58. The van der Waals surface area contributed by atoms with Gasteiger partial charge in [0.2, 0.25) is 0 Å². The number of carbonyl (C=O) groups is 3. The van der Waals surface area contributed by atoms with Gasteiger partial charge in [0.15, 0.2) is 11.9 Å². The molecule has 1 aromatic heterocycles.